The van der Waals surface area contributed by atoms with Gasteiger partial charge in [-0.1, -0.05) is 0 Å². The van der Waals surface area contributed by atoms with E-state index >= 15 is 0 Å². The van der Waals surface area contributed by atoms with Gasteiger partial charge in [-0.05, 0) is 36.8 Å². The van der Waals surface area contributed by atoms with Crippen LogP contribution in [-0.4, -0.2) is 47.0 Å². The molecule has 0 aliphatic carbocycles. The summed E-state index contributed by atoms with van der Waals surface area (Å²) in [5, 5.41) is 3.28. The Morgan fingerprint density at radius 2 is 1.93 bits per heavy atom. The third kappa shape index (κ3) is 3.89. The first-order valence-electron chi connectivity index (χ1n) is 8.47. The molecule has 0 saturated carbocycles. The lowest BCUT2D eigenvalue weighted by Crippen LogP contribution is -2.27. The summed E-state index contributed by atoms with van der Waals surface area (Å²) in [6.07, 6.45) is 1.45. The maximum Gasteiger partial charge on any atom is 0.266 e. The van der Waals surface area contributed by atoms with Crippen LogP contribution in [0, 0.1) is 6.92 Å². The van der Waals surface area contributed by atoms with Gasteiger partial charge < -0.3 is 19.5 Å². The summed E-state index contributed by atoms with van der Waals surface area (Å²) in [6, 6.07) is 6.72. The maximum atomic E-state index is 12.7. The monoisotopic (exact) mass is 400 g/mol. The summed E-state index contributed by atoms with van der Waals surface area (Å²) < 4.78 is 6.80. The van der Waals surface area contributed by atoms with Gasteiger partial charge in [-0.25, -0.2) is 4.98 Å². The quantitative estimate of drug-likeness (QED) is 0.707. The number of fused-ring (bicyclic) bond motifs is 1. The van der Waals surface area contributed by atoms with Crippen LogP contribution in [0.15, 0.2) is 35.4 Å². The summed E-state index contributed by atoms with van der Waals surface area (Å²) in [7, 11) is 4.94. The Hall–Kier alpha value is -3.20. The molecule has 0 unspecified atom stereocenters. The Morgan fingerprint density at radius 3 is 2.57 bits per heavy atom. The zero-order chi connectivity index (χ0) is 20.4. The van der Waals surface area contributed by atoms with Crippen molar-refractivity contribution < 1.29 is 14.3 Å². The SMILES string of the molecule is Cc1c(C(=O)Nc2ccc(OCC(=O)N(C)C)cc2)sc2ncn(C)c(=O)c12. The summed E-state index contributed by atoms with van der Waals surface area (Å²) in [6.45, 7) is 1.69. The van der Waals surface area contributed by atoms with E-state index in [4.69, 9.17) is 4.74 Å². The fourth-order valence-corrected chi connectivity index (χ4v) is 3.56. The van der Waals surface area contributed by atoms with E-state index in [1.165, 1.54) is 27.1 Å². The second-order valence-corrected chi connectivity index (χ2v) is 7.45. The highest BCUT2D eigenvalue weighted by molar-refractivity contribution is 7.20. The number of rotatable bonds is 5. The molecule has 28 heavy (non-hydrogen) atoms. The Labute approximate surface area is 165 Å². The van der Waals surface area contributed by atoms with Gasteiger partial charge in [-0.15, -0.1) is 11.3 Å². The van der Waals surface area contributed by atoms with Crippen molar-refractivity contribution in [2.75, 3.05) is 26.0 Å². The van der Waals surface area contributed by atoms with Crippen LogP contribution in [0.2, 0.25) is 0 Å². The summed E-state index contributed by atoms with van der Waals surface area (Å²) in [5.74, 6) is 0.0790. The highest BCUT2D eigenvalue weighted by Crippen LogP contribution is 2.27. The van der Waals surface area contributed by atoms with Crippen molar-refractivity contribution in [3.63, 3.8) is 0 Å². The van der Waals surface area contributed by atoms with E-state index in [9.17, 15) is 14.4 Å². The number of likely N-dealkylation sites (N-methyl/N-ethyl adjacent to an activating group) is 1. The molecule has 2 aromatic heterocycles. The summed E-state index contributed by atoms with van der Waals surface area (Å²) >= 11 is 1.19. The zero-order valence-electron chi connectivity index (χ0n) is 16.0. The molecule has 0 bridgehead atoms. The Kier molecular flexibility index (Phi) is 5.46. The van der Waals surface area contributed by atoms with Crippen LogP contribution in [0.25, 0.3) is 10.2 Å². The molecule has 9 heteroatoms. The molecule has 0 aliphatic heterocycles. The van der Waals surface area contributed by atoms with Gasteiger partial charge in [0.2, 0.25) is 0 Å². The van der Waals surface area contributed by atoms with Crippen molar-refractivity contribution in [1.82, 2.24) is 14.5 Å². The molecular weight excluding hydrogens is 380 g/mol. The van der Waals surface area contributed by atoms with Crippen molar-refractivity contribution >= 4 is 39.1 Å². The number of ether oxygens (including phenoxy) is 1. The van der Waals surface area contributed by atoms with E-state index in [0.717, 1.165) is 0 Å². The molecule has 0 spiro atoms. The van der Waals surface area contributed by atoms with Crippen molar-refractivity contribution in [1.29, 1.82) is 0 Å². The number of hydrogen-bond donors (Lipinski definition) is 1. The largest absolute Gasteiger partial charge is 0.484 e. The van der Waals surface area contributed by atoms with E-state index in [-0.39, 0.29) is 24.0 Å². The maximum absolute atomic E-state index is 12.7. The molecule has 0 saturated heterocycles. The number of benzene rings is 1. The number of nitrogens with zero attached hydrogens (tertiary/aromatic N) is 3. The van der Waals surface area contributed by atoms with Crippen molar-refractivity contribution in [2.45, 2.75) is 6.92 Å². The van der Waals surface area contributed by atoms with Gasteiger partial charge in [-0.3, -0.25) is 14.4 Å². The molecule has 3 rings (SSSR count). The first-order valence-corrected chi connectivity index (χ1v) is 9.28. The van der Waals surface area contributed by atoms with Gasteiger partial charge in [-0.2, -0.15) is 0 Å². The molecule has 1 aromatic carbocycles. The van der Waals surface area contributed by atoms with E-state index in [0.29, 0.717) is 32.1 Å². The molecule has 3 aromatic rings. The number of hydrogen-bond acceptors (Lipinski definition) is 6. The van der Waals surface area contributed by atoms with Crippen LogP contribution in [0.1, 0.15) is 15.2 Å². The Balaban J connectivity index is 1.74. The number of thiophene rings is 1. The zero-order valence-corrected chi connectivity index (χ0v) is 16.8. The van der Waals surface area contributed by atoms with Crippen molar-refractivity contribution in [2.24, 2.45) is 7.05 Å². The van der Waals surface area contributed by atoms with Gasteiger partial charge in [0.05, 0.1) is 16.6 Å². The Bertz CT molecular complexity index is 1100. The topological polar surface area (TPSA) is 93.5 Å². The molecular formula is C19H20N4O4S. The lowest BCUT2D eigenvalue weighted by molar-refractivity contribution is -0.130. The predicted octanol–water partition coefficient (Wildman–Crippen LogP) is 2.02. The van der Waals surface area contributed by atoms with Gasteiger partial charge in [0.1, 0.15) is 10.6 Å². The van der Waals surface area contributed by atoms with Crippen molar-refractivity contribution in [3.8, 4) is 5.75 Å². The van der Waals surface area contributed by atoms with E-state index < -0.39 is 0 Å². The molecule has 0 radical (unpaired) electrons. The average molecular weight is 400 g/mol. The van der Waals surface area contributed by atoms with Crippen LogP contribution < -0.4 is 15.6 Å². The van der Waals surface area contributed by atoms with Gasteiger partial charge in [0, 0.05) is 26.8 Å². The first-order chi connectivity index (χ1) is 13.3. The molecule has 146 valence electrons. The second kappa shape index (κ2) is 7.81. The minimum Gasteiger partial charge on any atom is -0.484 e. The number of nitrogens with one attached hydrogen (secondary N) is 1. The van der Waals surface area contributed by atoms with Crippen LogP contribution in [-0.2, 0) is 11.8 Å². The third-order valence-corrected chi connectivity index (χ3v) is 5.39. The molecule has 0 atom stereocenters. The lowest BCUT2D eigenvalue weighted by Gasteiger charge is -2.11. The van der Waals surface area contributed by atoms with Crippen molar-refractivity contribution in [3.05, 3.63) is 51.4 Å². The fraction of sp³-hybridized carbons (Fsp3) is 0.263. The number of amides is 2. The molecule has 1 N–H and O–H groups in total. The number of aryl methyl sites for hydroxylation is 2. The summed E-state index contributed by atoms with van der Waals surface area (Å²) in [5.41, 5.74) is 1.02. The minimum absolute atomic E-state index is 0.0539. The normalized spacial score (nSPS) is 10.7. The standard InChI is InChI=1S/C19H20N4O4S/c1-11-15-18(20-10-23(4)19(15)26)28-16(11)17(25)21-12-5-7-13(8-6-12)27-9-14(24)22(2)3/h5-8,10H,9H2,1-4H3,(H,21,25). The van der Waals surface area contributed by atoms with Crippen LogP contribution in [0.3, 0.4) is 0 Å². The van der Waals surface area contributed by atoms with Crippen LogP contribution in [0.4, 0.5) is 5.69 Å². The van der Waals surface area contributed by atoms with Crippen LogP contribution >= 0.6 is 11.3 Å². The van der Waals surface area contributed by atoms with Gasteiger partial charge in [0.25, 0.3) is 17.4 Å². The van der Waals surface area contributed by atoms with Gasteiger partial charge >= 0.3 is 0 Å². The molecule has 0 aliphatic rings. The summed E-state index contributed by atoms with van der Waals surface area (Å²) in [4.78, 5) is 43.2. The minimum atomic E-state index is -0.306. The number of carbonyl (C=O) groups is 2. The van der Waals surface area contributed by atoms with E-state index in [1.54, 1.807) is 52.3 Å². The van der Waals surface area contributed by atoms with Crippen LogP contribution in [0.5, 0.6) is 5.75 Å². The average Bonchev–Trinajstić information content (AvgIpc) is 3.01. The number of carbonyl (C=O) groups excluding carboxylic acids is 2. The first kappa shape index (κ1) is 19.6. The van der Waals surface area contributed by atoms with E-state index in [2.05, 4.69) is 10.3 Å². The van der Waals surface area contributed by atoms with Gasteiger partial charge in [0.15, 0.2) is 6.61 Å². The third-order valence-electron chi connectivity index (χ3n) is 4.19. The fourth-order valence-electron chi connectivity index (χ4n) is 2.52. The molecule has 2 heterocycles. The molecule has 8 nitrogen and oxygen atoms in total. The number of anilines is 1. The predicted molar refractivity (Wildman–Crippen MR) is 108 cm³/mol. The van der Waals surface area contributed by atoms with E-state index in [1.807, 2.05) is 0 Å². The smallest absolute Gasteiger partial charge is 0.266 e. The second-order valence-electron chi connectivity index (χ2n) is 6.45. The Morgan fingerprint density at radius 1 is 1.25 bits per heavy atom. The molecule has 0 fully saturated rings. The molecule has 2 amide bonds. The lowest BCUT2D eigenvalue weighted by atomic mass is 10.2. The number of aromatic nitrogens is 2. The highest BCUT2D eigenvalue weighted by atomic mass is 32.1. The highest BCUT2D eigenvalue weighted by Gasteiger charge is 2.19.